The van der Waals surface area contributed by atoms with E-state index in [2.05, 4.69) is 5.10 Å². The molecule has 0 atom stereocenters. The summed E-state index contributed by atoms with van der Waals surface area (Å²) in [5.74, 6) is 0.521. The molecule has 6 nitrogen and oxygen atoms in total. The van der Waals surface area contributed by atoms with E-state index < -0.39 is 4.92 Å². The number of non-ortho nitro benzene ring substituents is 1. The third kappa shape index (κ3) is 1.96. The molecule has 2 N–H and O–H groups in total. The maximum atomic E-state index is 10.7. The van der Waals surface area contributed by atoms with E-state index in [4.69, 9.17) is 5.73 Å². The number of nitro groups is 1. The molecule has 0 amide bonds. The van der Waals surface area contributed by atoms with Crippen molar-refractivity contribution in [3.63, 3.8) is 0 Å². The first-order valence-corrected chi connectivity index (χ1v) is 5.20. The van der Waals surface area contributed by atoms with Gasteiger partial charge in [-0.05, 0) is 12.5 Å². The lowest BCUT2D eigenvalue weighted by Gasteiger charge is -2.04. The molecule has 0 spiro atoms. The third-order valence-electron chi connectivity index (χ3n) is 2.55. The summed E-state index contributed by atoms with van der Waals surface area (Å²) in [6.45, 7) is 1.98. The average Bonchev–Trinajstić information content (AvgIpc) is 2.70. The number of aromatic nitrogens is 2. The zero-order chi connectivity index (χ0) is 12.4. The van der Waals surface area contributed by atoms with Crippen molar-refractivity contribution in [2.24, 2.45) is 0 Å². The van der Waals surface area contributed by atoms with Crippen LogP contribution >= 0.6 is 0 Å². The Balaban J connectivity index is 2.49. The molecule has 0 saturated carbocycles. The molecule has 1 heterocycles. The summed E-state index contributed by atoms with van der Waals surface area (Å²) in [4.78, 5) is 10.2. The van der Waals surface area contributed by atoms with Crippen LogP contribution in [0.4, 0.5) is 11.5 Å². The van der Waals surface area contributed by atoms with Gasteiger partial charge >= 0.3 is 0 Å². The molecule has 0 radical (unpaired) electrons. The Kier molecular flexibility index (Phi) is 2.78. The Hall–Kier alpha value is -2.37. The maximum absolute atomic E-state index is 10.7. The van der Waals surface area contributed by atoms with Gasteiger partial charge in [-0.1, -0.05) is 13.0 Å². The molecule has 0 aliphatic rings. The first-order chi connectivity index (χ1) is 8.13. The summed E-state index contributed by atoms with van der Waals surface area (Å²) in [7, 11) is 0. The molecule has 0 fully saturated rings. The Morgan fingerprint density at radius 3 is 2.88 bits per heavy atom. The van der Waals surface area contributed by atoms with Crippen LogP contribution in [0.1, 0.15) is 12.5 Å². The van der Waals surface area contributed by atoms with Gasteiger partial charge in [0.1, 0.15) is 5.82 Å². The summed E-state index contributed by atoms with van der Waals surface area (Å²) in [6.07, 6.45) is 2.45. The van der Waals surface area contributed by atoms with Gasteiger partial charge in [0, 0.05) is 17.7 Å². The molecule has 0 unspecified atom stereocenters. The van der Waals surface area contributed by atoms with Crippen molar-refractivity contribution in [1.82, 2.24) is 9.78 Å². The number of nitrogens with zero attached hydrogens (tertiary/aromatic N) is 3. The van der Waals surface area contributed by atoms with Crippen LogP contribution in [0.25, 0.3) is 5.69 Å². The van der Waals surface area contributed by atoms with E-state index in [1.807, 2.05) is 6.92 Å². The highest BCUT2D eigenvalue weighted by molar-refractivity contribution is 5.50. The quantitative estimate of drug-likeness (QED) is 0.647. The monoisotopic (exact) mass is 232 g/mol. The summed E-state index contributed by atoms with van der Waals surface area (Å²) >= 11 is 0. The Morgan fingerprint density at radius 2 is 2.29 bits per heavy atom. The molecule has 1 aromatic carbocycles. The second-order valence-corrected chi connectivity index (χ2v) is 3.60. The van der Waals surface area contributed by atoms with Crippen LogP contribution < -0.4 is 5.73 Å². The van der Waals surface area contributed by atoms with Gasteiger partial charge in [0.2, 0.25) is 0 Å². The van der Waals surface area contributed by atoms with E-state index in [0.717, 1.165) is 12.0 Å². The standard InChI is InChI=1S/C11H12N4O2/c1-2-8-7-13-14(11(8)12)9-4-3-5-10(6-9)15(16)17/h3-7H,2,12H2,1H3. The molecule has 6 heteroatoms. The molecular weight excluding hydrogens is 220 g/mol. The first kappa shape index (κ1) is 11.1. The number of nitrogens with two attached hydrogens (primary N) is 1. The van der Waals surface area contributed by atoms with Gasteiger partial charge in [-0.25, -0.2) is 4.68 Å². The number of hydrogen-bond acceptors (Lipinski definition) is 4. The number of nitro benzene ring substituents is 1. The highest BCUT2D eigenvalue weighted by Crippen LogP contribution is 2.20. The summed E-state index contributed by atoms with van der Waals surface area (Å²) in [5.41, 5.74) is 7.45. The van der Waals surface area contributed by atoms with Gasteiger partial charge in [0.15, 0.2) is 0 Å². The van der Waals surface area contributed by atoms with Crippen LogP contribution in [0.3, 0.4) is 0 Å². The smallest absolute Gasteiger partial charge is 0.271 e. The highest BCUT2D eigenvalue weighted by atomic mass is 16.6. The van der Waals surface area contributed by atoms with Crippen molar-refractivity contribution >= 4 is 11.5 Å². The van der Waals surface area contributed by atoms with Gasteiger partial charge in [0.05, 0.1) is 16.8 Å². The minimum atomic E-state index is -0.441. The fraction of sp³-hybridized carbons (Fsp3) is 0.182. The van der Waals surface area contributed by atoms with Crippen LogP contribution in [0.5, 0.6) is 0 Å². The van der Waals surface area contributed by atoms with Crippen LogP contribution in [0, 0.1) is 10.1 Å². The molecule has 0 aliphatic carbocycles. The predicted octanol–water partition coefficient (Wildman–Crippen LogP) is 1.93. The highest BCUT2D eigenvalue weighted by Gasteiger charge is 2.11. The summed E-state index contributed by atoms with van der Waals surface area (Å²) in [5, 5.41) is 14.8. The van der Waals surface area contributed by atoms with Crippen LogP contribution in [0.15, 0.2) is 30.5 Å². The Labute approximate surface area is 97.8 Å². The predicted molar refractivity (Wildman–Crippen MR) is 64.0 cm³/mol. The lowest BCUT2D eigenvalue weighted by molar-refractivity contribution is -0.384. The van der Waals surface area contributed by atoms with Gasteiger partial charge in [-0.2, -0.15) is 5.10 Å². The molecule has 0 saturated heterocycles. The van der Waals surface area contributed by atoms with Gasteiger partial charge in [-0.3, -0.25) is 10.1 Å². The zero-order valence-electron chi connectivity index (χ0n) is 9.33. The zero-order valence-corrected chi connectivity index (χ0v) is 9.33. The van der Waals surface area contributed by atoms with E-state index in [1.54, 1.807) is 18.3 Å². The number of nitrogen functional groups attached to an aromatic ring is 1. The van der Waals surface area contributed by atoms with Crippen molar-refractivity contribution in [3.05, 3.63) is 46.1 Å². The van der Waals surface area contributed by atoms with Crippen molar-refractivity contribution in [3.8, 4) is 5.69 Å². The van der Waals surface area contributed by atoms with Crippen LogP contribution in [0.2, 0.25) is 0 Å². The summed E-state index contributed by atoms with van der Waals surface area (Å²) < 4.78 is 1.51. The fourth-order valence-electron chi connectivity index (χ4n) is 1.61. The van der Waals surface area contributed by atoms with Gasteiger partial charge in [0.25, 0.3) is 5.69 Å². The third-order valence-corrected chi connectivity index (χ3v) is 2.55. The number of rotatable bonds is 3. The number of anilines is 1. The van der Waals surface area contributed by atoms with Crippen LogP contribution in [-0.4, -0.2) is 14.7 Å². The van der Waals surface area contributed by atoms with Crippen molar-refractivity contribution in [1.29, 1.82) is 0 Å². The molecule has 17 heavy (non-hydrogen) atoms. The van der Waals surface area contributed by atoms with E-state index in [0.29, 0.717) is 11.5 Å². The first-order valence-electron chi connectivity index (χ1n) is 5.20. The van der Waals surface area contributed by atoms with Gasteiger partial charge < -0.3 is 5.73 Å². The molecular formula is C11H12N4O2. The minimum absolute atomic E-state index is 0.0236. The fourth-order valence-corrected chi connectivity index (χ4v) is 1.61. The van der Waals surface area contributed by atoms with E-state index >= 15 is 0 Å². The lowest BCUT2D eigenvalue weighted by Crippen LogP contribution is -2.03. The van der Waals surface area contributed by atoms with Crippen molar-refractivity contribution in [2.45, 2.75) is 13.3 Å². The summed E-state index contributed by atoms with van der Waals surface area (Å²) in [6, 6.07) is 6.22. The number of hydrogen-bond donors (Lipinski definition) is 1. The largest absolute Gasteiger partial charge is 0.383 e. The average molecular weight is 232 g/mol. The molecule has 0 aliphatic heterocycles. The Bertz CT molecular complexity index is 562. The molecule has 2 rings (SSSR count). The number of benzene rings is 1. The lowest BCUT2D eigenvalue weighted by atomic mass is 10.2. The van der Waals surface area contributed by atoms with Crippen molar-refractivity contribution < 1.29 is 4.92 Å². The second kappa shape index (κ2) is 4.25. The topological polar surface area (TPSA) is 87.0 Å². The van der Waals surface area contributed by atoms with E-state index in [1.165, 1.54) is 16.8 Å². The molecule has 0 bridgehead atoms. The van der Waals surface area contributed by atoms with E-state index in [-0.39, 0.29) is 5.69 Å². The number of aryl methyl sites for hydroxylation is 1. The van der Waals surface area contributed by atoms with Crippen LogP contribution in [-0.2, 0) is 6.42 Å². The molecule has 1 aromatic heterocycles. The van der Waals surface area contributed by atoms with Crippen molar-refractivity contribution in [2.75, 3.05) is 5.73 Å². The van der Waals surface area contributed by atoms with E-state index in [9.17, 15) is 10.1 Å². The molecule has 2 aromatic rings. The minimum Gasteiger partial charge on any atom is -0.383 e. The maximum Gasteiger partial charge on any atom is 0.271 e. The SMILES string of the molecule is CCc1cnn(-c2cccc([N+](=O)[O-])c2)c1N. The molecule has 88 valence electrons. The Morgan fingerprint density at radius 1 is 1.53 bits per heavy atom. The van der Waals surface area contributed by atoms with Gasteiger partial charge in [-0.15, -0.1) is 0 Å². The second-order valence-electron chi connectivity index (χ2n) is 3.60. The normalized spacial score (nSPS) is 10.4.